The first kappa shape index (κ1) is 11.3. The molecule has 88 valence electrons. The van der Waals surface area contributed by atoms with Gasteiger partial charge in [-0.15, -0.1) is 0 Å². The van der Waals surface area contributed by atoms with E-state index >= 15 is 0 Å². The molecule has 2 heterocycles. The highest BCUT2D eigenvalue weighted by Crippen LogP contribution is 2.08. The molecule has 0 atom stereocenters. The maximum atomic E-state index is 11.8. The number of hydrogen-bond donors (Lipinski definition) is 2. The van der Waals surface area contributed by atoms with Crippen LogP contribution in [-0.4, -0.2) is 21.1 Å². The molecule has 2 aromatic heterocycles. The molecule has 0 spiro atoms. The van der Waals surface area contributed by atoms with Gasteiger partial charge in [-0.1, -0.05) is 19.4 Å². The molecular formula is C12H14N4O. The average Bonchev–Trinajstić information content (AvgIpc) is 2.78. The second-order valence-electron chi connectivity index (χ2n) is 3.70. The molecule has 0 bridgehead atoms. The third-order valence-electron chi connectivity index (χ3n) is 2.29. The summed E-state index contributed by atoms with van der Waals surface area (Å²) in [7, 11) is 0. The highest BCUT2D eigenvalue weighted by molar-refractivity contribution is 6.02. The van der Waals surface area contributed by atoms with E-state index in [1.165, 1.54) is 0 Å². The van der Waals surface area contributed by atoms with Gasteiger partial charge in [-0.2, -0.15) is 5.10 Å². The fourth-order valence-corrected chi connectivity index (χ4v) is 1.50. The maximum absolute atomic E-state index is 11.8. The number of rotatable bonds is 4. The summed E-state index contributed by atoms with van der Waals surface area (Å²) in [6, 6.07) is 7.04. The Balaban J connectivity index is 2.03. The number of pyridine rings is 1. The van der Waals surface area contributed by atoms with Crippen LogP contribution in [0.25, 0.3) is 0 Å². The molecule has 5 nitrogen and oxygen atoms in total. The second-order valence-corrected chi connectivity index (χ2v) is 3.70. The van der Waals surface area contributed by atoms with Crippen molar-refractivity contribution in [2.45, 2.75) is 19.8 Å². The number of aromatic amines is 1. The van der Waals surface area contributed by atoms with Gasteiger partial charge in [-0.3, -0.25) is 14.9 Å². The van der Waals surface area contributed by atoms with Crippen molar-refractivity contribution in [3.63, 3.8) is 0 Å². The minimum absolute atomic E-state index is 0.250. The Hall–Kier alpha value is -2.17. The van der Waals surface area contributed by atoms with Gasteiger partial charge in [0, 0.05) is 18.0 Å². The number of H-pyrrole nitrogens is 1. The number of nitrogens with one attached hydrogen (secondary N) is 2. The number of carbonyl (C=O) groups is 1. The molecule has 0 unspecified atom stereocenters. The molecule has 5 heteroatoms. The lowest BCUT2D eigenvalue weighted by atomic mass is 10.2. The van der Waals surface area contributed by atoms with E-state index in [0.29, 0.717) is 11.5 Å². The number of hydrogen-bond acceptors (Lipinski definition) is 3. The quantitative estimate of drug-likeness (QED) is 0.844. The van der Waals surface area contributed by atoms with Crippen molar-refractivity contribution in [3.8, 4) is 0 Å². The molecule has 17 heavy (non-hydrogen) atoms. The molecule has 0 radical (unpaired) electrons. The van der Waals surface area contributed by atoms with E-state index in [9.17, 15) is 4.79 Å². The normalized spacial score (nSPS) is 10.2. The molecule has 1 amide bonds. The first-order valence-corrected chi connectivity index (χ1v) is 5.56. The Morgan fingerprint density at radius 3 is 3.06 bits per heavy atom. The second kappa shape index (κ2) is 5.25. The number of aromatic nitrogens is 3. The monoisotopic (exact) mass is 230 g/mol. The van der Waals surface area contributed by atoms with Crippen molar-refractivity contribution in [2.75, 3.05) is 5.32 Å². The molecular weight excluding hydrogens is 216 g/mol. The summed E-state index contributed by atoms with van der Waals surface area (Å²) in [4.78, 5) is 15.7. The van der Waals surface area contributed by atoms with Crippen LogP contribution in [0.4, 0.5) is 5.82 Å². The van der Waals surface area contributed by atoms with Crippen LogP contribution in [-0.2, 0) is 6.42 Å². The number of aryl methyl sites for hydroxylation is 1. The Labute approximate surface area is 99.3 Å². The fourth-order valence-electron chi connectivity index (χ4n) is 1.50. The van der Waals surface area contributed by atoms with E-state index < -0.39 is 0 Å². The van der Waals surface area contributed by atoms with E-state index in [1.807, 2.05) is 6.07 Å². The third-order valence-corrected chi connectivity index (χ3v) is 2.29. The highest BCUT2D eigenvalue weighted by atomic mass is 16.1. The molecule has 0 saturated heterocycles. The zero-order chi connectivity index (χ0) is 12.1. The molecule has 0 aromatic carbocycles. The van der Waals surface area contributed by atoms with Crippen LogP contribution in [0, 0.1) is 0 Å². The number of nitrogens with zero attached hydrogens (tertiary/aromatic N) is 2. The Bertz CT molecular complexity index is 492. The lowest BCUT2D eigenvalue weighted by molar-refractivity contribution is 0.102. The van der Waals surface area contributed by atoms with Gasteiger partial charge in [0.2, 0.25) is 0 Å². The van der Waals surface area contributed by atoms with Crippen molar-refractivity contribution in [1.82, 2.24) is 15.2 Å². The molecule has 0 aliphatic carbocycles. The van der Waals surface area contributed by atoms with Crippen LogP contribution < -0.4 is 5.32 Å². The lowest BCUT2D eigenvalue weighted by Crippen LogP contribution is -2.13. The van der Waals surface area contributed by atoms with Crippen LogP contribution in [0.1, 0.15) is 29.5 Å². The largest absolute Gasteiger partial charge is 0.304 e. The van der Waals surface area contributed by atoms with E-state index in [2.05, 4.69) is 27.4 Å². The summed E-state index contributed by atoms with van der Waals surface area (Å²) < 4.78 is 0. The van der Waals surface area contributed by atoms with Gasteiger partial charge in [0.1, 0.15) is 5.69 Å². The molecule has 0 fully saturated rings. The van der Waals surface area contributed by atoms with Gasteiger partial charge in [0.05, 0.1) is 0 Å². The summed E-state index contributed by atoms with van der Waals surface area (Å²) in [6.45, 7) is 2.09. The van der Waals surface area contributed by atoms with Crippen LogP contribution in [0.3, 0.4) is 0 Å². The molecule has 0 aliphatic rings. The predicted octanol–water partition coefficient (Wildman–Crippen LogP) is 2.01. The summed E-state index contributed by atoms with van der Waals surface area (Å²) in [5.41, 5.74) is 1.40. The van der Waals surface area contributed by atoms with Crippen molar-refractivity contribution < 1.29 is 4.79 Å². The lowest BCUT2D eigenvalue weighted by Gasteiger charge is -1.99. The minimum Gasteiger partial charge on any atom is -0.304 e. The first-order chi connectivity index (χ1) is 8.29. The first-order valence-electron chi connectivity index (χ1n) is 5.56. The fraction of sp³-hybridized carbons (Fsp3) is 0.250. The topological polar surface area (TPSA) is 70.7 Å². The minimum atomic E-state index is -0.250. The highest BCUT2D eigenvalue weighted by Gasteiger charge is 2.08. The van der Waals surface area contributed by atoms with Crippen molar-refractivity contribution in [3.05, 3.63) is 41.9 Å². The van der Waals surface area contributed by atoms with Crippen LogP contribution >= 0.6 is 0 Å². The molecule has 0 aliphatic heterocycles. The average molecular weight is 230 g/mol. The SMILES string of the molecule is CCCc1cc(NC(=O)c2ccccn2)n[nH]1. The van der Waals surface area contributed by atoms with E-state index in [0.717, 1.165) is 18.5 Å². The summed E-state index contributed by atoms with van der Waals surface area (Å²) >= 11 is 0. The zero-order valence-corrected chi connectivity index (χ0v) is 9.60. The summed E-state index contributed by atoms with van der Waals surface area (Å²) in [5, 5.41) is 9.59. The van der Waals surface area contributed by atoms with Crippen LogP contribution in [0.2, 0.25) is 0 Å². The standard InChI is InChI=1S/C12H14N4O/c1-2-5-9-8-11(16-15-9)14-12(17)10-6-3-4-7-13-10/h3-4,6-8H,2,5H2,1H3,(H2,14,15,16,17). The Morgan fingerprint density at radius 1 is 1.47 bits per heavy atom. The van der Waals surface area contributed by atoms with Gasteiger partial charge >= 0.3 is 0 Å². The molecule has 2 N–H and O–H groups in total. The predicted molar refractivity (Wildman–Crippen MR) is 64.8 cm³/mol. The number of anilines is 1. The van der Waals surface area contributed by atoms with E-state index in [4.69, 9.17) is 0 Å². The maximum Gasteiger partial charge on any atom is 0.275 e. The smallest absolute Gasteiger partial charge is 0.275 e. The van der Waals surface area contributed by atoms with E-state index in [-0.39, 0.29) is 5.91 Å². The van der Waals surface area contributed by atoms with Crippen molar-refractivity contribution in [1.29, 1.82) is 0 Å². The Kier molecular flexibility index (Phi) is 3.49. The zero-order valence-electron chi connectivity index (χ0n) is 9.60. The summed E-state index contributed by atoms with van der Waals surface area (Å²) in [6.07, 6.45) is 3.55. The van der Waals surface area contributed by atoms with Crippen molar-refractivity contribution >= 4 is 11.7 Å². The Morgan fingerprint density at radius 2 is 2.35 bits per heavy atom. The van der Waals surface area contributed by atoms with Crippen molar-refractivity contribution in [2.24, 2.45) is 0 Å². The van der Waals surface area contributed by atoms with Crippen LogP contribution in [0.15, 0.2) is 30.5 Å². The number of carbonyl (C=O) groups excluding carboxylic acids is 1. The van der Waals surface area contributed by atoms with Gasteiger partial charge < -0.3 is 5.32 Å². The van der Waals surface area contributed by atoms with Gasteiger partial charge in [-0.25, -0.2) is 0 Å². The molecule has 2 rings (SSSR count). The van der Waals surface area contributed by atoms with Crippen LogP contribution in [0.5, 0.6) is 0 Å². The molecule has 2 aromatic rings. The number of amides is 1. The van der Waals surface area contributed by atoms with Gasteiger partial charge in [-0.05, 0) is 18.6 Å². The van der Waals surface area contributed by atoms with Gasteiger partial charge in [0.15, 0.2) is 5.82 Å². The molecule has 0 saturated carbocycles. The summed E-state index contributed by atoms with van der Waals surface area (Å²) in [5.74, 6) is 0.282. The third kappa shape index (κ3) is 2.90. The van der Waals surface area contributed by atoms with Gasteiger partial charge in [0.25, 0.3) is 5.91 Å². The van der Waals surface area contributed by atoms with E-state index in [1.54, 1.807) is 24.4 Å².